The molecule has 1 heterocycles. The molecule has 1 unspecified atom stereocenters. The van der Waals surface area contributed by atoms with E-state index in [1.54, 1.807) is 35.2 Å². The number of carbonyl (C=O) groups is 3. The maximum absolute atomic E-state index is 13.5. The Morgan fingerprint density at radius 1 is 1.09 bits per heavy atom. The van der Waals surface area contributed by atoms with Crippen LogP contribution in [0.15, 0.2) is 48.5 Å². The molecule has 8 heteroatoms. The lowest BCUT2D eigenvalue weighted by Crippen LogP contribution is -2.54. The Hall–Kier alpha value is -2.93. The summed E-state index contributed by atoms with van der Waals surface area (Å²) in [6, 6.07) is 11.5. The number of carbonyl (C=O) groups excluding carboxylic acids is 3. The number of halogens is 2. The van der Waals surface area contributed by atoms with Gasteiger partial charge in [-0.3, -0.25) is 14.4 Å². The molecule has 6 nitrogen and oxygen atoms in total. The first kappa shape index (κ1) is 24.7. The molecule has 0 radical (unpaired) electrons. The second-order valence-electron chi connectivity index (χ2n) is 8.71. The summed E-state index contributed by atoms with van der Waals surface area (Å²) < 4.78 is 13.5. The van der Waals surface area contributed by atoms with E-state index in [2.05, 4.69) is 10.6 Å². The highest BCUT2D eigenvalue weighted by Crippen LogP contribution is 2.24. The number of amides is 3. The zero-order valence-corrected chi connectivity index (χ0v) is 19.6. The van der Waals surface area contributed by atoms with Crippen molar-refractivity contribution >= 4 is 29.3 Å². The van der Waals surface area contributed by atoms with Crippen LogP contribution >= 0.6 is 11.6 Å². The molecule has 0 saturated carbocycles. The van der Waals surface area contributed by atoms with Crippen molar-refractivity contribution in [1.82, 2.24) is 15.5 Å². The fourth-order valence-corrected chi connectivity index (χ4v) is 4.14. The van der Waals surface area contributed by atoms with Crippen LogP contribution in [-0.4, -0.2) is 48.3 Å². The molecule has 33 heavy (non-hydrogen) atoms. The van der Waals surface area contributed by atoms with E-state index < -0.39 is 17.8 Å². The van der Waals surface area contributed by atoms with Crippen molar-refractivity contribution in [3.05, 3.63) is 70.5 Å². The molecule has 1 aliphatic rings. The number of benzene rings is 2. The number of piperidine rings is 1. The second-order valence-corrected chi connectivity index (χ2v) is 9.12. The fourth-order valence-electron chi connectivity index (χ4n) is 3.92. The molecule has 0 aromatic heterocycles. The minimum absolute atomic E-state index is 0.153. The number of hydrogen-bond donors (Lipinski definition) is 2. The first-order valence-corrected chi connectivity index (χ1v) is 11.5. The highest BCUT2D eigenvalue weighted by Gasteiger charge is 2.34. The van der Waals surface area contributed by atoms with Gasteiger partial charge in [0.05, 0.1) is 10.6 Å². The van der Waals surface area contributed by atoms with Crippen LogP contribution in [0.5, 0.6) is 0 Å². The highest BCUT2D eigenvalue weighted by atomic mass is 35.5. The van der Waals surface area contributed by atoms with Crippen LogP contribution in [0.4, 0.5) is 4.39 Å². The van der Waals surface area contributed by atoms with Gasteiger partial charge in [-0.2, -0.15) is 0 Å². The average Bonchev–Trinajstić information content (AvgIpc) is 2.81. The van der Waals surface area contributed by atoms with Gasteiger partial charge in [0.15, 0.2) is 0 Å². The third-order valence-corrected chi connectivity index (χ3v) is 6.07. The third kappa shape index (κ3) is 6.54. The maximum Gasteiger partial charge on any atom is 0.253 e. The Kier molecular flexibility index (Phi) is 8.44. The molecule has 0 spiro atoms. The quantitative estimate of drug-likeness (QED) is 0.640. The summed E-state index contributed by atoms with van der Waals surface area (Å²) in [7, 11) is 0. The Balaban J connectivity index is 1.70. The van der Waals surface area contributed by atoms with Crippen LogP contribution in [0.2, 0.25) is 5.02 Å². The number of rotatable bonds is 7. The largest absolute Gasteiger partial charge is 0.354 e. The predicted molar refractivity (Wildman–Crippen MR) is 126 cm³/mol. The summed E-state index contributed by atoms with van der Waals surface area (Å²) in [5.74, 6) is -1.25. The van der Waals surface area contributed by atoms with Crippen molar-refractivity contribution in [2.45, 2.75) is 32.7 Å². The maximum atomic E-state index is 13.5. The van der Waals surface area contributed by atoms with Crippen molar-refractivity contribution in [1.29, 1.82) is 0 Å². The number of nitrogens with one attached hydrogen (secondary N) is 2. The molecule has 2 N–H and O–H groups in total. The van der Waals surface area contributed by atoms with Crippen LogP contribution in [0.25, 0.3) is 0 Å². The molecular weight excluding hydrogens is 445 g/mol. The summed E-state index contributed by atoms with van der Waals surface area (Å²) in [6.07, 6.45) is 1.06. The van der Waals surface area contributed by atoms with Gasteiger partial charge in [0, 0.05) is 25.2 Å². The highest BCUT2D eigenvalue weighted by molar-refractivity contribution is 6.33. The SMILES string of the molecule is CC(C)CNC(=O)C(NC(=O)c1ccccc1Cl)C1CCN(C(=O)c2cccc(F)c2)CC1. The fraction of sp³-hybridized carbons (Fsp3) is 0.400. The normalized spacial score (nSPS) is 15.2. The first-order valence-electron chi connectivity index (χ1n) is 11.1. The van der Waals surface area contributed by atoms with Gasteiger partial charge in [-0.25, -0.2) is 4.39 Å². The van der Waals surface area contributed by atoms with Gasteiger partial charge >= 0.3 is 0 Å². The van der Waals surface area contributed by atoms with Crippen LogP contribution in [0.1, 0.15) is 47.4 Å². The van der Waals surface area contributed by atoms with Crippen molar-refractivity contribution in [2.75, 3.05) is 19.6 Å². The molecule has 1 aliphatic heterocycles. The molecule has 2 aromatic carbocycles. The van der Waals surface area contributed by atoms with E-state index in [1.807, 2.05) is 13.8 Å². The van der Waals surface area contributed by atoms with Crippen LogP contribution in [0, 0.1) is 17.7 Å². The van der Waals surface area contributed by atoms with Gasteiger partial charge < -0.3 is 15.5 Å². The topological polar surface area (TPSA) is 78.5 Å². The van der Waals surface area contributed by atoms with Gasteiger partial charge in [0.2, 0.25) is 5.91 Å². The van der Waals surface area contributed by atoms with Crippen LogP contribution < -0.4 is 10.6 Å². The Bertz CT molecular complexity index is 1010. The molecule has 0 aliphatic carbocycles. The minimum atomic E-state index is -0.751. The zero-order valence-electron chi connectivity index (χ0n) is 18.8. The monoisotopic (exact) mass is 473 g/mol. The predicted octanol–water partition coefficient (Wildman–Crippen LogP) is 3.90. The lowest BCUT2D eigenvalue weighted by molar-refractivity contribution is -0.124. The number of nitrogens with zero attached hydrogens (tertiary/aromatic N) is 1. The van der Waals surface area contributed by atoms with Gasteiger partial charge in [-0.05, 0) is 55.0 Å². The van der Waals surface area contributed by atoms with E-state index in [4.69, 9.17) is 11.6 Å². The van der Waals surface area contributed by atoms with Gasteiger partial charge in [-0.1, -0.05) is 43.6 Å². The minimum Gasteiger partial charge on any atom is -0.354 e. The summed E-state index contributed by atoms with van der Waals surface area (Å²) in [5, 5.41) is 6.08. The third-order valence-electron chi connectivity index (χ3n) is 5.74. The molecule has 1 atom stereocenters. The van der Waals surface area contributed by atoms with E-state index in [1.165, 1.54) is 18.2 Å². The van der Waals surface area contributed by atoms with Crippen molar-refractivity contribution in [3.8, 4) is 0 Å². The smallest absolute Gasteiger partial charge is 0.253 e. The van der Waals surface area contributed by atoms with Crippen LogP contribution in [0.3, 0.4) is 0 Å². The van der Waals surface area contributed by atoms with Gasteiger partial charge in [-0.15, -0.1) is 0 Å². The van der Waals surface area contributed by atoms with Crippen molar-refractivity contribution in [2.24, 2.45) is 11.8 Å². The van der Waals surface area contributed by atoms with E-state index in [0.717, 1.165) is 0 Å². The molecule has 3 rings (SSSR count). The molecule has 176 valence electrons. The molecule has 0 bridgehead atoms. The van der Waals surface area contributed by atoms with E-state index in [-0.39, 0.29) is 23.7 Å². The summed E-state index contributed by atoms with van der Waals surface area (Å²) in [6.45, 7) is 5.31. The van der Waals surface area contributed by atoms with Gasteiger partial charge in [0.1, 0.15) is 11.9 Å². The first-order chi connectivity index (χ1) is 15.8. The Morgan fingerprint density at radius 2 is 1.79 bits per heavy atom. The van der Waals surface area contributed by atoms with Crippen LogP contribution in [-0.2, 0) is 4.79 Å². The average molecular weight is 474 g/mol. The van der Waals surface area contributed by atoms with E-state index in [0.29, 0.717) is 48.6 Å². The van der Waals surface area contributed by atoms with E-state index >= 15 is 0 Å². The molecule has 1 fully saturated rings. The number of hydrogen-bond acceptors (Lipinski definition) is 3. The van der Waals surface area contributed by atoms with E-state index in [9.17, 15) is 18.8 Å². The molecule has 1 saturated heterocycles. The molecular formula is C25H29ClFN3O3. The van der Waals surface area contributed by atoms with Crippen molar-refractivity contribution in [3.63, 3.8) is 0 Å². The number of likely N-dealkylation sites (tertiary alicyclic amines) is 1. The Labute approximate surface area is 198 Å². The lowest BCUT2D eigenvalue weighted by Gasteiger charge is -2.36. The van der Waals surface area contributed by atoms with Crippen molar-refractivity contribution < 1.29 is 18.8 Å². The molecule has 2 aromatic rings. The lowest BCUT2D eigenvalue weighted by atomic mass is 9.88. The second kappa shape index (κ2) is 11.3. The zero-order chi connectivity index (χ0) is 24.0. The van der Waals surface area contributed by atoms with Gasteiger partial charge in [0.25, 0.3) is 11.8 Å². The summed E-state index contributed by atoms with van der Waals surface area (Å²) in [4.78, 5) is 40.3. The Morgan fingerprint density at radius 3 is 2.42 bits per heavy atom. The molecule has 3 amide bonds. The summed E-state index contributed by atoms with van der Waals surface area (Å²) in [5.41, 5.74) is 0.603. The summed E-state index contributed by atoms with van der Waals surface area (Å²) >= 11 is 6.16. The standard InChI is InChI=1S/C25H29ClFN3O3/c1-16(2)15-28-24(32)22(29-23(31)20-8-3-4-9-21(20)26)17-10-12-30(13-11-17)25(33)18-6-5-7-19(27)14-18/h3-9,14,16-17,22H,10-13,15H2,1-2H3,(H,28,32)(H,29,31).